The zero-order valence-electron chi connectivity index (χ0n) is 14.0. The van der Waals surface area contributed by atoms with Crippen molar-refractivity contribution in [3.05, 3.63) is 34.9 Å². The summed E-state index contributed by atoms with van der Waals surface area (Å²) in [5.41, 5.74) is 2.69. The van der Waals surface area contributed by atoms with E-state index < -0.39 is 10.0 Å². The van der Waals surface area contributed by atoms with Crippen LogP contribution >= 0.6 is 0 Å². The van der Waals surface area contributed by atoms with Crippen LogP contribution in [0.4, 0.5) is 0 Å². The molecule has 7 heteroatoms. The van der Waals surface area contributed by atoms with Gasteiger partial charge in [0.25, 0.3) is 5.91 Å². The number of hydrogen-bond donors (Lipinski definition) is 1. The van der Waals surface area contributed by atoms with Crippen LogP contribution in [0, 0.1) is 0 Å². The molecular formula is C17H24N2O4S. The number of benzene rings is 1. The van der Waals surface area contributed by atoms with E-state index in [0.29, 0.717) is 38.3 Å². The largest absolute Gasteiger partial charge is 0.372 e. The second kappa shape index (κ2) is 7.21. The number of fused-ring (bicyclic) bond motifs is 1. The van der Waals surface area contributed by atoms with Gasteiger partial charge in [0, 0.05) is 24.7 Å². The van der Waals surface area contributed by atoms with E-state index in [1.165, 1.54) is 6.26 Å². The maximum atomic E-state index is 12.4. The van der Waals surface area contributed by atoms with Crippen LogP contribution in [0.3, 0.4) is 0 Å². The van der Waals surface area contributed by atoms with Gasteiger partial charge < -0.3 is 10.1 Å². The Balaban J connectivity index is 1.58. The van der Waals surface area contributed by atoms with Gasteiger partial charge in [0.15, 0.2) is 0 Å². The Morgan fingerprint density at radius 1 is 1.33 bits per heavy atom. The van der Waals surface area contributed by atoms with Crippen molar-refractivity contribution >= 4 is 15.9 Å². The van der Waals surface area contributed by atoms with Gasteiger partial charge in [0.1, 0.15) is 0 Å². The first kappa shape index (κ1) is 17.4. The number of rotatable bonds is 5. The van der Waals surface area contributed by atoms with E-state index in [-0.39, 0.29) is 11.9 Å². The second-order valence-corrected chi connectivity index (χ2v) is 8.44. The smallest absolute Gasteiger partial charge is 0.251 e. The standard InChI is InChI=1S/C17H24N2O4S/c1-24(21,22)19-10-3-2-6-14(19)8-9-18-17(20)15-7-4-5-13-11-23-12-16(13)15/h4-5,7,14H,2-3,6,8-12H2,1H3,(H,18,20). The first-order chi connectivity index (χ1) is 11.5. The van der Waals surface area contributed by atoms with Gasteiger partial charge in [-0.2, -0.15) is 4.31 Å². The number of sulfonamides is 1. The Morgan fingerprint density at radius 2 is 2.17 bits per heavy atom. The van der Waals surface area contributed by atoms with E-state index in [9.17, 15) is 13.2 Å². The highest BCUT2D eigenvalue weighted by Crippen LogP contribution is 2.24. The lowest BCUT2D eigenvalue weighted by molar-refractivity contribution is 0.0944. The third kappa shape index (κ3) is 3.79. The van der Waals surface area contributed by atoms with Gasteiger partial charge in [-0.3, -0.25) is 4.79 Å². The fourth-order valence-corrected chi connectivity index (χ4v) is 4.78. The average Bonchev–Trinajstić information content (AvgIpc) is 3.02. The van der Waals surface area contributed by atoms with Gasteiger partial charge in [-0.05, 0) is 36.5 Å². The molecule has 0 saturated carbocycles. The van der Waals surface area contributed by atoms with E-state index in [0.717, 1.165) is 30.4 Å². The molecule has 24 heavy (non-hydrogen) atoms. The van der Waals surface area contributed by atoms with Gasteiger partial charge in [-0.25, -0.2) is 8.42 Å². The molecule has 1 aromatic carbocycles. The van der Waals surface area contributed by atoms with Gasteiger partial charge >= 0.3 is 0 Å². The third-order valence-corrected chi connectivity index (χ3v) is 6.12. The fraction of sp³-hybridized carbons (Fsp3) is 0.588. The molecule has 1 unspecified atom stereocenters. The summed E-state index contributed by atoms with van der Waals surface area (Å²) in [4.78, 5) is 12.4. The maximum Gasteiger partial charge on any atom is 0.251 e. The molecule has 6 nitrogen and oxygen atoms in total. The lowest BCUT2D eigenvalue weighted by atomic mass is 10.0. The van der Waals surface area contributed by atoms with Crippen molar-refractivity contribution in [1.82, 2.24) is 9.62 Å². The molecule has 1 saturated heterocycles. The highest BCUT2D eigenvalue weighted by molar-refractivity contribution is 7.88. The van der Waals surface area contributed by atoms with Crippen LogP contribution in [-0.4, -0.2) is 44.0 Å². The van der Waals surface area contributed by atoms with Gasteiger partial charge in [-0.15, -0.1) is 0 Å². The SMILES string of the molecule is CS(=O)(=O)N1CCCCC1CCNC(=O)c1cccc2c1COC2. The molecule has 1 amide bonds. The molecule has 3 rings (SSSR count). The van der Waals surface area contributed by atoms with E-state index in [1.807, 2.05) is 18.2 Å². The van der Waals surface area contributed by atoms with Crippen molar-refractivity contribution in [3.63, 3.8) is 0 Å². The molecule has 0 aromatic heterocycles. The summed E-state index contributed by atoms with van der Waals surface area (Å²) >= 11 is 0. The highest BCUT2D eigenvalue weighted by Gasteiger charge is 2.29. The predicted octanol–water partition coefficient (Wildman–Crippen LogP) is 1.65. The third-order valence-electron chi connectivity index (χ3n) is 4.78. The lowest BCUT2D eigenvalue weighted by Gasteiger charge is -2.33. The van der Waals surface area contributed by atoms with Crippen LogP contribution in [0.1, 0.15) is 47.2 Å². The number of amides is 1. The monoisotopic (exact) mass is 352 g/mol. The van der Waals surface area contributed by atoms with Crippen molar-refractivity contribution in [3.8, 4) is 0 Å². The summed E-state index contributed by atoms with van der Waals surface area (Å²) in [6.45, 7) is 2.09. The molecule has 1 aromatic rings. The predicted molar refractivity (Wildman–Crippen MR) is 91.1 cm³/mol. The zero-order valence-corrected chi connectivity index (χ0v) is 14.8. The molecule has 1 N–H and O–H groups in total. The summed E-state index contributed by atoms with van der Waals surface area (Å²) < 4.78 is 30.7. The van der Waals surface area contributed by atoms with E-state index in [2.05, 4.69) is 5.32 Å². The van der Waals surface area contributed by atoms with Crippen LogP contribution in [0.2, 0.25) is 0 Å². The molecule has 0 bridgehead atoms. The minimum atomic E-state index is -3.18. The van der Waals surface area contributed by atoms with E-state index in [4.69, 9.17) is 4.74 Å². The summed E-state index contributed by atoms with van der Waals surface area (Å²) in [5.74, 6) is -0.112. The van der Waals surface area contributed by atoms with E-state index in [1.54, 1.807) is 4.31 Å². The Kier molecular flexibility index (Phi) is 5.22. The number of nitrogens with one attached hydrogen (secondary N) is 1. The molecular weight excluding hydrogens is 328 g/mol. The zero-order chi connectivity index (χ0) is 17.2. The van der Waals surface area contributed by atoms with Gasteiger partial charge in [0.05, 0.1) is 19.5 Å². The van der Waals surface area contributed by atoms with Crippen LogP contribution in [0.5, 0.6) is 0 Å². The number of carbonyl (C=O) groups excluding carboxylic acids is 1. The molecule has 1 fully saturated rings. The van der Waals surface area contributed by atoms with Crippen LogP contribution in [-0.2, 0) is 28.0 Å². The summed E-state index contributed by atoms with van der Waals surface area (Å²) in [5, 5.41) is 2.93. The van der Waals surface area contributed by atoms with E-state index >= 15 is 0 Å². The number of nitrogens with zero attached hydrogens (tertiary/aromatic N) is 1. The van der Waals surface area contributed by atoms with Crippen LogP contribution in [0.25, 0.3) is 0 Å². The lowest BCUT2D eigenvalue weighted by Crippen LogP contribution is -2.44. The normalized spacial score (nSPS) is 21.5. The Hall–Kier alpha value is -1.44. The Morgan fingerprint density at radius 3 is 2.96 bits per heavy atom. The first-order valence-corrected chi connectivity index (χ1v) is 10.2. The molecule has 2 aliphatic heterocycles. The molecule has 0 spiro atoms. The van der Waals surface area contributed by atoms with Crippen molar-refractivity contribution in [2.75, 3.05) is 19.3 Å². The van der Waals surface area contributed by atoms with Gasteiger partial charge in [-0.1, -0.05) is 18.6 Å². The summed E-state index contributed by atoms with van der Waals surface area (Å²) in [6.07, 6.45) is 4.71. The minimum Gasteiger partial charge on any atom is -0.372 e. The topological polar surface area (TPSA) is 75.7 Å². The number of hydrogen-bond acceptors (Lipinski definition) is 4. The van der Waals surface area contributed by atoms with Crippen molar-refractivity contribution in [2.45, 2.75) is 44.9 Å². The maximum absolute atomic E-state index is 12.4. The van der Waals surface area contributed by atoms with Crippen LogP contribution in [0.15, 0.2) is 18.2 Å². The van der Waals surface area contributed by atoms with Crippen molar-refractivity contribution in [1.29, 1.82) is 0 Å². The molecule has 0 aliphatic carbocycles. The minimum absolute atomic E-state index is 0.0149. The summed E-state index contributed by atoms with van der Waals surface area (Å²) in [7, 11) is -3.18. The molecule has 2 aliphatic rings. The Bertz CT molecular complexity index is 717. The second-order valence-electron chi connectivity index (χ2n) is 6.50. The van der Waals surface area contributed by atoms with Crippen molar-refractivity contribution in [2.24, 2.45) is 0 Å². The first-order valence-electron chi connectivity index (χ1n) is 8.40. The van der Waals surface area contributed by atoms with Crippen LogP contribution < -0.4 is 5.32 Å². The fourth-order valence-electron chi connectivity index (χ4n) is 3.56. The number of ether oxygens (including phenoxy) is 1. The Labute approximate surface area is 143 Å². The van der Waals surface area contributed by atoms with Gasteiger partial charge in [0.2, 0.25) is 10.0 Å². The summed E-state index contributed by atoms with van der Waals surface area (Å²) in [6, 6.07) is 5.64. The molecule has 1 atom stereocenters. The quantitative estimate of drug-likeness (QED) is 0.874. The molecule has 2 heterocycles. The van der Waals surface area contributed by atoms with Crippen molar-refractivity contribution < 1.29 is 17.9 Å². The number of piperidine rings is 1. The number of carbonyl (C=O) groups is 1. The molecule has 0 radical (unpaired) electrons. The highest BCUT2D eigenvalue weighted by atomic mass is 32.2. The molecule has 132 valence electrons. The average molecular weight is 352 g/mol.